The molecule has 0 spiro atoms. The van der Waals surface area contributed by atoms with E-state index in [0.29, 0.717) is 6.04 Å². The van der Waals surface area contributed by atoms with Crippen LogP contribution in [0.4, 0.5) is 0 Å². The van der Waals surface area contributed by atoms with Gasteiger partial charge in [0.15, 0.2) is 0 Å². The second-order valence-corrected chi connectivity index (χ2v) is 5.53. The fraction of sp³-hybridized carbons (Fsp3) is 0.818. The van der Waals surface area contributed by atoms with Crippen LogP contribution in [-0.4, -0.2) is 39.1 Å². The SMILES string of the molecule is CCNC(Cc1cn(C)nn1)C1CCSC1. The summed E-state index contributed by atoms with van der Waals surface area (Å²) < 4.78 is 1.78. The number of aryl methyl sites for hydroxylation is 1. The minimum absolute atomic E-state index is 0.566. The number of thioether (sulfide) groups is 1. The number of nitrogens with one attached hydrogen (secondary N) is 1. The Labute approximate surface area is 101 Å². The zero-order valence-electron chi connectivity index (χ0n) is 10.0. The van der Waals surface area contributed by atoms with Crippen LogP contribution in [0.2, 0.25) is 0 Å². The molecule has 2 heterocycles. The lowest BCUT2D eigenvalue weighted by Crippen LogP contribution is -2.38. The first-order chi connectivity index (χ1) is 7.79. The second-order valence-electron chi connectivity index (χ2n) is 4.38. The van der Waals surface area contributed by atoms with Gasteiger partial charge in [-0.1, -0.05) is 12.1 Å². The summed E-state index contributed by atoms with van der Waals surface area (Å²) in [7, 11) is 1.92. The van der Waals surface area contributed by atoms with Crippen LogP contribution in [0.25, 0.3) is 0 Å². The van der Waals surface area contributed by atoms with Crippen LogP contribution < -0.4 is 5.32 Å². The molecular formula is C11H20N4S. The Morgan fingerprint density at radius 1 is 1.69 bits per heavy atom. The Bertz CT molecular complexity index is 320. The van der Waals surface area contributed by atoms with Crippen molar-refractivity contribution in [2.75, 3.05) is 18.1 Å². The minimum Gasteiger partial charge on any atom is -0.314 e. The highest BCUT2D eigenvalue weighted by atomic mass is 32.2. The molecule has 2 atom stereocenters. The molecule has 2 unspecified atom stereocenters. The van der Waals surface area contributed by atoms with Gasteiger partial charge >= 0.3 is 0 Å². The number of rotatable bonds is 5. The standard InChI is InChI=1S/C11H20N4S/c1-3-12-11(9-4-5-16-8-9)6-10-7-15(2)14-13-10/h7,9,11-12H,3-6,8H2,1-2H3. The zero-order valence-corrected chi connectivity index (χ0v) is 10.8. The maximum Gasteiger partial charge on any atom is 0.0842 e. The Morgan fingerprint density at radius 3 is 3.12 bits per heavy atom. The molecule has 0 aliphatic carbocycles. The van der Waals surface area contributed by atoms with Gasteiger partial charge in [0, 0.05) is 25.7 Å². The van der Waals surface area contributed by atoms with Crippen molar-refractivity contribution in [2.45, 2.75) is 25.8 Å². The molecule has 0 saturated carbocycles. The maximum absolute atomic E-state index is 4.18. The summed E-state index contributed by atoms with van der Waals surface area (Å²) in [6.07, 6.45) is 4.36. The molecule has 1 fully saturated rings. The monoisotopic (exact) mass is 240 g/mol. The zero-order chi connectivity index (χ0) is 11.4. The smallest absolute Gasteiger partial charge is 0.0842 e. The predicted molar refractivity (Wildman–Crippen MR) is 67.6 cm³/mol. The third-order valence-electron chi connectivity index (χ3n) is 3.08. The summed E-state index contributed by atoms with van der Waals surface area (Å²) in [5.41, 5.74) is 1.10. The molecule has 5 heteroatoms. The van der Waals surface area contributed by atoms with Gasteiger partial charge in [-0.15, -0.1) is 5.10 Å². The van der Waals surface area contributed by atoms with Gasteiger partial charge in [0.2, 0.25) is 0 Å². The van der Waals surface area contributed by atoms with Crippen molar-refractivity contribution in [3.8, 4) is 0 Å². The van der Waals surface area contributed by atoms with Gasteiger partial charge < -0.3 is 5.32 Å². The van der Waals surface area contributed by atoms with Crippen molar-refractivity contribution < 1.29 is 0 Å². The van der Waals surface area contributed by atoms with Crippen LogP contribution in [0.5, 0.6) is 0 Å². The topological polar surface area (TPSA) is 42.7 Å². The number of nitrogens with zero attached hydrogens (tertiary/aromatic N) is 3. The molecule has 1 aromatic rings. The van der Waals surface area contributed by atoms with Crippen molar-refractivity contribution >= 4 is 11.8 Å². The quantitative estimate of drug-likeness (QED) is 0.836. The van der Waals surface area contributed by atoms with Crippen LogP contribution in [0.15, 0.2) is 6.20 Å². The Kier molecular flexibility index (Phi) is 4.23. The van der Waals surface area contributed by atoms with E-state index in [0.717, 1.165) is 24.6 Å². The average molecular weight is 240 g/mol. The molecule has 1 aliphatic heterocycles. The van der Waals surface area contributed by atoms with Crippen molar-refractivity contribution in [3.05, 3.63) is 11.9 Å². The van der Waals surface area contributed by atoms with Crippen molar-refractivity contribution in [1.82, 2.24) is 20.3 Å². The number of hydrogen-bond acceptors (Lipinski definition) is 4. The molecule has 2 rings (SSSR count). The highest BCUT2D eigenvalue weighted by Crippen LogP contribution is 2.27. The first kappa shape index (κ1) is 11.9. The van der Waals surface area contributed by atoms with E-state index in [4.69, 9.17) is 0 Å². The number of aromatic nitrogens is 3. The van der Waals surface area contributed by atoms with E-state index in [1.165, 1.54) is 17.9 Å². The summed E-state index contributed by atoms with van der Waals surface area (Å²) in [5, 5.41) is 11.8. The third-order valence-corrected chi connectivity index (χ3v) is 4.27. The Morgan fingerprint density at radius 2 is 2.56 bits per heavy atom. The van der Waals surface area contributed by atoms with Gasteiger partial charge in [0.1, 0.15) is 0 Å². The van der Waals surface area contributed by atoms with Gasteiger partial charge in [0.05, 0.1) is 5.69 Å². The molecular weight excluding hydrogens is 220 g/mol. The normalized spacial score (nSPS) is 22.5. The molecule has 1 aromatic heterocycles. The largest absolute Gasteiger partial charge is 0.314 e. The van der Waals surface area contributed by atoms with E-state index in [9.17, 15) is 0 Å². The van der Waals surface area contributed by atoms with Gasteiger partial charge in [-0.05, 0) is 30.4 Å². The van der Waals surface area contributed by atoms with Crippen molar-refractivity contribution in [2.24, 2.45) is 13.0 Å². The lowest BCUT2D eigenvalue weighted by molar-refractivity contribution is 0.384. The molecule has 1 N–H and O–H groups in total. The first-order valence-electron chi connectivity index (χ1n) is 5.96. The van der Waals surface area contributed by atoms with Gasteiger partial charge in [0.25, 0.3) is 0 Å². The molecule has 0 aromatic carbocycles. The number of likely N-dealkylation sites (N-methyl/N-ethyl adjacent to an activating group) is 1. The average Bonchev–Trinajstić information content (AvgIpc) is 2.88. The molecule has 16 heavy (non-hydrogen) atoms. The minimum atomic E-state index is 0.566. The predicted octanol–water partition coefficient (Wildman–Crippen LogP) is 1.09. The molecule has 1 aliphatic rings. The van der Waals surface area contributed by atoms with Gasteiger partial charge in [-0.25, -0.2) is 0 Å². The van der Waals surface area contributed by atoms with E-state index < -0.39 is 0 Å². The van der Waals surface area contributed by atoms with Gasteiger partial charge in [-0.3, -0.25) is 4.68 Å². The Balaban J connectivity index is 1.96. The molecule has 90 valence electrons. The van der Waals surface area contributed by atoms with Crippen LogP contribution in [0.3, 0.4) is 0 Å². The van der Waals surface area contributed by atoms with Gasteiger partial charge in [-0.2, -0.15) is 11.8 Å². The second kappa shape index (κ2) is 5.68. The van der Waals surface area contributed by atoms with E-state index in [1.54, 1.807) is 4.68 Å². The highest BCUT2D eigenvalue weighted by Gasteiger charge is 2.25. The van der Waals surface area contributed by atoms with Crippen LogP contribution in [0.1, 0.15) is 19.0 Å². The summed E-state index contributed by atoms with van der Waals surface area (Å²) >= 11 is 2.07. The molecule has 0 radical (unpaired) electrons. The highest BCUT2D eigenvalue weighted by molar-refractivity contribution is 7.99. The van der Waals surface area contributed by atoms with E-state index in [-0.39, 0.29) is 0 Å². The summed E-state index contributed by atoms with van der Waals surface area (Å²) in [6, 6.07) is 0.566. The van der Waals surface area contributed by atoms with Crippen LogP contribution in [0, 0.1) is 5.92 Å². The molecule has 4 nitrogen and oxygen atoms in total. The van der Waals surface area contributed by atoms with Crippen LogP contribution >= 0.6 is 11.8 Å². The molecule has 0 bridgehead atoms. The lowest BCUT2D eigenvalue weighted by atomic mass is 9.95. The van der Waals surface area contributed by atoms with Crippen molar-refractivity contribution in [1.29, 1.82) is 0 Å². The van der Waals surface area contributed by atoms with Crippen molar-refractivity contribution in [3.63, 3.8) is 0 Å². The Hall–Kier alpha value is -0.550. The van der Waals surface area contributed by atoms with E-state index in [2.05, 4.69) is 34.3 Å². The number of hydrogen-bond donors (Lipinski definition) is 1. The maximum atomic E-state index is 4.18. The summed E-state index contributed by atoms with van der Waals surface area (Å²) in [6.45, 7) is 3.21. The van der Waals surface area contributed by atoms with Crippen LogP contribution in [-0.2, 0) is 13.5 Å². The third kappa shape index (κ3) is 2.98. The fourth-order valence-corrected chi connectivity index (χ4v) is 3.59. The summed E-state index contributed by atoms with van der Waals surface area (Å²) in [4.78, 5) is 0. The first-order valence-corrected chi connectivity index (χ1v) is 7.11. The van der Waals surface area contributed by atoms with E-state index >= 15 is 0 Å². The molecule has 1 saturated heterocycles. The fourth-order valence-electron chi connectivity index (χ4n) is 2.25. The summed E-state index contributed by atoms with van der Waals surface area (Å²) in [5.74, 6) is 3.40. The molecule has 0 amide bonds. The lowest BCUT2D eigenvalue weighted by Gasteiger charge is -2.22. The van der Waals surface area contributed by atoms with E-state index in [1.807, 2.05) is 13.2 Å².